The molecule has 6 nitrogen and oxygen atoms in total. The van der Waals surface area contributed by atoms with Crippen molar-refractivity contribution in [3.8, 4) is 11.1 Å². The summed E-state index contributed by atoms with van der Waals surface area (Å²) < 4.78 is 39.1. The number of carbonyl (C=O) groups is 1. The Kier molecular flexibility index (Phi) is 6.50. The highest BCUT2D eigenvalue weighted by Crippen LogP contribution is 2.31. The average Bonchev–Trinajstić information content (AvgIpc) is 2.90. The first kappa shape index (κ1) is 24.9. The molecule has 0 aliphatic heterocycles. The lowest BCUT2D eigenvalue weighted by atomic mass is 9.99. The van der Waals surface area contributed by atoms with E-state index in [4.69, 9.17) is 0 Å². The van der Waals surface area contributed by atoms with E-state index in [-0.39, 0.29) is 5.69 Å². The minimum atomic E-state index is -4.49. The Hall–Kier alpha value is -4.79. The second-order valence-corrected chi connectivity index (χ2v) is 8.85. The number of aryl methyl sites for hydroxylation is 2. The Morgan fingerprint density at radius 2 is 1.63 bits per heavy atom. The maximum atomic E-state index is 13.0. The van der Waals surface area contributed by atoms with Crippen LogP contribution in [-0.2, 0) is 6.18 Å². The molecule has 1 amide bonds. The van der Waals surface area contributed by atoms with E-state index in [9.17, 15) is 18.0 Å². The predicted octanol–water partition coefficient (Wildman–Crippen LogP) is 7.32. The summed E-state index contributed by atoms with van der Waals surface area (Å²) in [6, 6.07) is 19.2. The minimum absolute atomic E-state index is 0.0692. The van der Waals surface area contributed by atoms with Gasteiger partial charge in [0, 0.05) is 28.5 Å². The molecule has 2 aromatic heterocycles. The first-order chi connectivity index (χ1) is 18.2. The summed E-state index contributed by atoms with van der Waals surface area (Å²) in [6.45, 7) is 3.86. The number of aromatic nitrogens is 3. The van der Waals surface area contributed by atoms with E-state index in [0.717, 1.165) is 51.1 Å². The van der Waals surface area contributed by atoms with E-state index < -0.39 is 17.6 Å². The van der Waals surface area contributed by atoms with Crippen molar-refractivity contribution in [3.63, 3.8) is 0 Å². The van der Waals surface area contributed by atoms with Gasteiger partial charge in [0.25, 0.3) is 5.91 Å². The van der Waals surface area contributed by atoms with Crippen LogP contribution in [0, 0.1) is 13.8 Å². The summed E-state index contributed by atoms with van der Waals surface area (Å²) in [7, 11) is 0. The molecule has 9 heteroatoms. The number of alkyl halides is 3. The van der Waals surface area contributed by atoms with Crippen LogP contribution in [0.15, 0.2) is 85.2 Å². The maximum Gasteiger partial charge on any atom is 0.416 e. The topological polar surface area (TPSA) is 79.8 Å². The summed E-state index contributed by atoms with van der Waals surface area (Å²) in [4.78, 5) is 26.2. The minimum Gasteiger partial charge on any atom is -0.323 e. The van der Waals surface area contributed by atoms with Crippen LogP contribution in [0.1, 0.15) is 27.2 Å². The summed E-state index contributed by atoms with van der Waals surface area (Å²) in [5.74, 6) is -0.0550. The van der Waals surface area contributed by atoms with E-state index in [1.807, 2.05) is 44.2 Å². The van der Waals surface area contributed by atoms with Crippen molar-refractivity contribution in [2.45, 2.75) is 20.0 Å². The van der Waals surface area contributed by atoms with Crippen LogP contribution in [0.5, 0.6) is 0 Å². The van der Waals surface area contributed by atoms with Crippen molar-refractivity contribution < 1.29 is 18.0 Å². The number of pyridine rings is 1. The summed E-state index contributed by atoms with van der Waals surface area (Å²) in [6.07, 6.45) is -1.05. The number of rotatable bonds is 5. The van der Waals surface area contributed by atoms with E-state index in [2.05, 4.69) is 25.6 Å². The molecule has 0 fully saturated rings. The van der Waals surface area contributed by atoms with Crippen LogP contribution in [-0.4, -0.2) is 20.9 Å². The number of halogens is 3. The van der Waals surface area contributed by atoms with Gasteiger partial charge in [0.15, 0.2) is 0 Å². The quantitative estimate of drug-likeness (QED) is 0.257. The normalized spacial score (nSPS) is 11.4. The third-order valence-electron chi connectivity index (χ3n) is 5.95. The number of nitrogens with zero attached hydrogens (tertiary/aromatic N) is 3. The second kappa shape index (κ2) is 9.93. The number of hydrogen-bond donors (Lipinski definition) is 2. The van der Waals surface area contributed by atoms with Gasteiger partial charge in [-0.05, 0) is 85.1 Å². The Balaban J connectivity index is 1.39. The van der Waals surface area contributed by atoms with Gasteiger partial charge in [0.1, 0.15) is 0 Å². The van der Waals surface area contributed by atoms with Crippen LogP contribution < -0.4 is 10.6 Å². The lowest BCUT2D eigenvalue weighted by Crippen LogP contribution is -2.13. The van der Waals surface area contributed by atoms with Gasteiger partial charge in [-0.1, -0.05) is 18.2 Å². The van der Waals surface area contributed by atoms with Gasteiger partial charge in [0.05, 0.1) is 23.0 Å². The van der Waals surface area contributed by atoms with Gasteiger partial charge in [0.2, 0.25) is 5.95 Å². The van der Waals surface area contributed by atoms with Gasteiger partial charge in [-0.2, -0.15) is 13.2 Å². The molecule has 0 saturated carbocycles. The first-order valence-electron chi connectivity index (χ1n) is 11.7. The third kappa shape index (κ3) is 5.46. The molecule has 2 heterocycles. The van der Waals surface area contributed by atoms with Gasteiger partial charge in [-0.3, -0.25) is 9.78 Å². The zero-order chi connectivity index (χ0) is 26.9. The molecule has 0 bridgehead atoms. The number of hydrogen-bond acceptors (Lipinski definition) is 5. The fourth-order valence-corrected chi connectivity index (χ4v) is 4.04. The van der Waals surface area contributed by atoms with Crippen LogP contribution >= 0.6 is 0 Å². The second-order valence-electron chi connectivity index (χ2n) is 8.85. The molecular weight excluding hydrogens is 491 g/mol. The smallest absolute Gasteiger partial charge is 0.323 e. The Bertz CT molecular complexity index is 1650. The molecule has 38 heavy (non-hydrogen) atoms. The van der Waals surface area contributed by atoms with E-state index in [0.29, 0.717) is 11.5 Å². The number of nitrogens with one attached hydrogen (secondary N) is 2. The number of anilines is 3. The SMILES string of the molecule is Cc1ccc(Nc2ncc3cc(-c4cccc(C(=O)Nc5cccc(C(F)(F)F)c5)c4)cc(C)c3n2)cn1. The van der Waals surface area contributed by atoms with Crippen LogP contribution in [0.4, 0.5) is 30.5 Å². The van der Waals surface area contributed by atoms with Gasteiger partial charge in [-0.25, -0.2) is 9.97 Å². The van der Waals surface area contributed by atoms with Crippen molar-refractivity contribution in [1.29, 1.82) is 0 Å². The van der Waals surface area contributed by atoms with E-state index >= 15 is 0 Å². The summed E-state index contributed by atoms with van der Waals surface area (Å²) >= 11 is 0. The van der Waals surface area contributed by atoms with Crippen LogP contribution in [0.3, 0.4) is 0 Å². The largest absolute Gasteiger partial charge is 0.416 e. The molecule has 5 rings (SSSR count). The van der Waals surface area contributed by atoms with Gasteiger partial charge in [-0.15, -0.1) is 0 Å². The van der Waals surface area contributed by atoms with E-state index in [1.54, 1.807) is 30.6 Å². The Morgan fingerprint density at radius 3 is 2.39 bits per heavy atom. The Labute approximate surface area is 216 Å². The number of benzene rings is 3. The molecule has 0 saturated heterocycles. The number of carbonyl (C=O) groups excluding carboxylic acids is 1. The van der Waals surface area contributed by atoms with Crippen molar-refractivity contribution in [2.24, 2.45) is 0 Å². The number of fused-ring (bicyclic) bond motifs is 1. The molecular formula is C29H22F3N5O. The third-order valence-corrected chi connectivity index (χ3v) is 5.95. The first-order valence-corrected chi connectivity index (χ1v) is 11.7. The van der Waals surface area contributed by atoms with Crippen molar-refractivity contribution >= 4 is 34.1 Å². The van der Waals surface area contributed by atoms with Crippen LogP contribution in [0.25, 0.3) is 22.0 Å². The standard InChI is InChI=1S/C29H22F3N5O/c1-17-11-21(13-22-15-34-28(37-26(17)22)36-25-10-9-18(2)33-16-25)19-5-3-6-20(12-19)27(38)35-24-8-4-7-23(14-24)29(30,31)32/h3-16H,1-2H3,(H,35,38)(H,34,36,37). The highest BCUT2D eigenvalue weighted by atomic mass is 19.4. The van der Waals surface area contributed by atoms with Gasteiger partial charge >= 0.3 is 6.18 Å². The highest BCUT2D eigenvalue weighted by Gasteiger charge is 2.30. The zero-order valence-corrected chi connectivity index (χ0v) is 20.5. The molecule has 190 valence electrons. The Morgan fingerprint density at radius 1 is 0.816 bits per heavy atom. The fourth-order valence-electron chi connectivity index (χ4n) is 4.04. The maximum absolute atomic E-state index is 13.0. The van der Waals surface area contributed by atoms with Crippen molar-refractivity contribution in [3.05, 3.63) is 108 Å². The molecule has 0 aliphatic carbocycles. The van der Waals surface area contributed by atoms with Gasteiger partial charge < -0.3 is 10.6 Å². The summed E-state index contributed by atoms with van der Waals surface area (Å²) in [5, 5.41) is 6.53. The molecule has 0 aliphatic rings. The number of amides is 1. The average molecular weight is 514 g/mol. The monoisotopic (exact) mass is 513 g/mol. The lowest BCUT2D eigenvalue weighted by Gasteiger charge is -2.12. The highest BCUT2D eigenvalue weighted by molar-refractivity contribution is 6.05. The molecule has 2 N–H and O–H groups in total. The molecule has 5 aromatic rings. The molecule has 0 unspecified atom stereocenters. The van der Waals surface area contributed by atoms with E-state index in [1.165, 1.54) is 12.1 Å². The molecule has 3 aromatic carbocycles. The zero-order valence-electron chi connectivity index (χ0n) is 20.5. The van der Waals surface area contributed by atoms with Crippen LogP contribution in [0.2, 0.25) is 0 Å². The molecule has 0 radical (unpaired) electrons. The lowest BCUT2D eigenvalue weighted by molar-refractivity contribution is -0.137. The summed E-state index contributed by atoms with van der Waals surface area (Å²) in [5.41, 5.74) is 4.59. The molecule has 0 spiro atoms. The fraction of sp³-hybridized carbons (Fsp3) is 0.103. The predicted molar refractivity (Wildman–Crippen MR) is 141 cm³/mol. The van der Waals surface area contributed by atoms with Crippen molar-refractivity contribution in [1.82, 2.24) is 15.0 Å². The molecule has 0 atom stereocenters. The van der Waals surface area contributed by atoms with Crippen molar-refractivity contribution in [2.75, 3.05) is 10.6 Å².